The predicted octanol–water partition coefficient (Wildman–Crippen LogP) is 3.85. The summed E-state index contributed by atoms with van der Waals surface area (Å²) in [5.74, 6) is 0.0690. The van der Waals surface area contributed by atoms with Gasteiger partial charge in [0.1, 0.15) is 0 Å². The van der Waals surface area contributed by atoms with Gasteiger partial charge in [0.25, 0.3) is 0 Å². The summed E-state index contributed by atoms with van der Waals surface area (Å²) in [5.41, 5.74) is 5.04. The van der Waals surface area contributed by atoms with Crippen molar-refractivity contribution in [2.75, 3.05) is 12.4 Å². The topological polar surface area (TPSA) is 33.5 Å². The Hall–Kier alpha value is -2.55. The van der Waals surface area contributed by atoms with E-state index in [9.17, 15) is 4.79 Å². The minimum Gasteiger partial charge on any atom is -0.386 e. The van der Waals surface area contributed by atoms with Gasteiger partial charge < -0.3 is 9.72 Å². The van der Waals surface area contributed by atoms with E-state index < -0.39 is 0 Å². The molecule has 0 aliphatic rings. The summed E-state index contributed by atoms with van der Waals surface area (Å²) in [6.45, 7) is 1.59. The van der Waals surface area contributed by atoms with Gasteiger partial charge in [0.05, 0.1) is 16.9 Å². The summed E-state index contributed by atoms with van der Waals surface area (Å²) in [4.78, 5) is 11.6. The molecule has 0 unspecified atom stereocenters. The van der Waals surface area contributed by atoms with Crippen LogP contribution in [0, 0.1) is 0 Å². The van der Waals surface area contributed by atoms with Crippen LogP contribution in [0.4, 0.5) is 5.69 Å². The number of nitrogens with zero attached hydrogens (tertiary/aromatic N) is 1. The van der Waals surface area contributed by atoms with Gasteiger partial charge in [0, 0.05) is 25.7 Å². The minimum atomic E-state index is 0.0690. The molecular formula is C17H16N2O. The molecule has 0 aliphatic heterocycles. The highest BCUT2D eigenvalue weighted by molar-refractivity contribution is 5.97. The van der Waals surface area contributed by atoms with Crippen molar-refractivity contribution in [2.24, 2.45) is 0 Å². The molecule has 100 valence electrons. The Kier molecular flexibility index (Phi) is 3.03. The maximum absolute atomic E-state index is 11.6. The monoisotopic (exact) mass is 264 g/mol. The van der Waals surface area contributed by atoms with Crippen LogP contribution in [-0.2, 0) is 0 Å². The standard InChI is InChI=1S/C17H16N2O/c1-12(20)15-8-9-16-17(18-2)14(10-11-19(15)16)13-6-4-3-5-7-13/h3-11,18H,1-2H3. The average molecular weight is 264 g/mol. The van der Waals surface area contributed by atoms with Gasteiger partial charge >= 0.3 is 0 Å². The first-order valence-electron chi connectivity index (χ1n) is 6.60. The fourth-order valence-electron chi connectivity index (χ4n) is 2.59. The average Bonchev–Trinajstić information content (AvgIpc) is 2.91. The number of hydrogen-bond donors (Lipinski definition) is 1. The molecule has 20 heavy (non-hydrogen) atoms. The van der Waals surface area contributed by atoms with Gasteiger partial charge in [-0.3, -0.25) is 4.79 Å². The van der Waals surface area contributed by atoms with E-state index in [-0.39, 0.29) is 5.78 Å². The molecule has 3 aromatic rings. The Balaban J connectivity index is 2.29. The zero-order valence-electron chi connectivity index (χ0n) is 11.6. The Labute approximate surface area is 117 Å². The molecule has 3 heteroatoms. The molecule has 0 bridgehead atoms. The van der Waals surface area contributed by atoms with E-state index in [0.717, 1.165) is 22.3 Å². The highest BCUT2D eigenvalue weighted by Gasteiger charge is 2.12. The van der Waals surface area contributed by atoms with Crippen molar-refractivity contribution in [3.63, 3.8) is 0 Å². The molecule has 0 fully saturated rings. The SMILES string of the molecule is CNc1c(-c2ccccc2)ccn2c(C(C)=O)ccc12. The van der Waals surface area contributed by atoms with Crippen molar-refractivity contribution in [3.05, 3.63) is 60.4 Å². The number of Topliss-reactive ketones (excluding diaryl/α,β-unsaturated/α-hetero) is 1. The van der Waals surface area contributed by atoms with Crippen molar-refractivity contribution in [3.8, 4) is 11.1 Å². The number of nitrogens with one attached hydrogen (secondary N) is 1. The van der Waals surface area contributed by atoms with Crippen molar-refractivity contribution in [2.45, 2.75) is 6.92 Å². The third kappa shape index (κ3) is 1.88. The molecule has 1 aromatic carbocycles. The molecule has 2 aromatic heterocycles. The van der Waals surface area contributed by atoms with Gasteiger partial charge in [-0.1, -0.05) is 30.3 Å². The third-order valence-corrected chi connectivity index (χ3v) is 3.53. The van der Waals surface area contributed by atoms with Gasteiger partial charge in [-0.05, 0) is 23.8 Å². The molecular weight excluding hydrogens is 248 g/mol. The number of anilines is 1. The first-order chi connectivity index (χ1) is 9.72. The third-order valence-electron chi connectivity index (χ3n) is 3.53. The molecule has 3 rings (SSSR count). The van der Waals surface area contributed by atoms with Crippen LogP contribution in [0.1, 0.15) is 17.4 Å². The largest absolute Gasteiger partial charge is 0.386 e. The maximum atomic E-state index is 11.6. The number of rotatable bonds is 3. The lowest BCUT2D eigenvalue weighted by atomic mass is 10.0. The van der Waals surface area contributed by atoms with E-state index in [2.05, 4.69) is 17.4 Å². The lowest BCUT2D eigenvalue weighted by Crippen LogP contribution is -2.01. The van der Waals surface area contributed by atoms with Crippen molar-refractivity contribution >= 4 is 17.0 Å². The normalized spacial score (nSPS) is 10.7. The minimum absolute atomic E-state index is 0.0690. The summed E-state index contributed by atoms with van der Waals surface area (Å²) in [6, 6.07) is 16.1. The number of hydrogen-bond acceptors (Lipinski definition) is 2. The first-order valence-corrected chi connectivity index (χ1v) is 6.60. The molecule has 2 heterocycles. The zero-order valence-corrected chi connectivity index (χ0v) is 11.6. The number of fused-ring (bicyclic) bond motifs is 1. The highest BCUT2D eigenvalue weighted by Crippen LogP contribution is 2.32. The molecule has 3 nitrogen and oxygen atoms in total. The lowest BCUT2D eigenvalue weighted by molar-refractivity contribution is 0.101. The van der Waals surface area contributed by atoms with Crippen LogP contribution >= 0.6 is 0 Å². The number of benzene rings is 1. The quantitative estimate of drug-likeness (QED) is 0.729. The zero-order chi connectivity index (χ0) is 14.1. The number of pyridine rings is 1. The first kappa shape index (κ1) is 12.5. The molecule has 1 N–H and O–H groups in total. The van der Waals surface area contributed by atoms with Gasteiger partial charge in [0.2, 0.25) is 0 Å². The Bertz CT molecular complexity index is 772. The van der Waals surface area contributed by atoms with Crippen molar-refractivity contribution < 1.29 is 4.79 Å². The molecule has 0 aliphatic carbocycles. The summed E-state index contributed by atoms with van der Waals surface area (Å²) in [6.07, 6.45) is 1.95. The van der Waals surface area contributed by atoms with Crippen LogP contribution in [0.25, 0.3) is 16.6 Å². The van der Waals surface area contributed by atoms with Crippen molar-refractivity contribution in [1.29, 1.82) is 0 Å². The number of carbonyl (C=O) groups is 1. The van der Waals surface area contributed by atoms with E-state index in [0.29, 0.717) is 5.69 Å². The fourth-order valence-corrected chi connectivity index (χ4v) is 2.59. The fraction of sp³-hybridized carbons (Fsp3) is 0.118. The van der Waals surface area contributed by atoms with E-state index in [4.69, 9.17) is 0 Å². The van der Waals surface area contributed by atoms with Crippen LogP contribution in [0.3, 0.4) is 0 Å². The summed E-state index contributed by atoms with van der Waals surface area (Å²) in [5, 5.41) is 3.26. The van der Waals surface area contributed by atoms with Crippen molar-refractivity contribution in [1.82, 2.24) is 4.40 Å². The van der Waals surface area contributed by atoms with E-state index in [1.807, 2.05) is 54.0 Å². The highest BCUT2D eigenvalue weighted by atomic mass is 16.1. The number of ketones is 1. The second kappa shape index (κ2) is 4.85. The predicted molar refractivity (Wildman–Crippen MR) is 82.4 cm³/mol. The second-order valence-electron chi connectivity index (χ2n) is 4.75. The molecule has 0 saturated heterocycles. The van der Waals surface area contributed by atoms with Crippen LogP contribution in [0.15, 0.2) is 54.7 Å². The van der Waals surface area contributed by atoms with Gasteiger partial charge in [-0.2, -0.15) is 0 Å². The molecule has 0 amide bonds. The van der Waals surface area contributed by atoms with Crippen LogP contribution in [-0.4, -0.2) is 17.2 Å². The van der Waals surface area contributed by atoms with E-state index in [1.54, 1.807) is 6.92 Å². The second-order valence-corrected chi connectivity index (χ2v) is 4.75. The Morgan fingerprint density at radius 3 is 2.45 bits per heavy atom. The Morgan fingerprint density at radius 1 is 1.05 bits per heavy atom. The lowest BCUT2D eigenvalue weighted by Gasteiger charge is -2.12. The van der Waals surface area contributed by atoms with Gasteiger partial charge in [-0.25, -0.2) is 0 Å². The van der Waals surface area contributed by atoms with E-state index >= 15 is 0 Å². The van der Waals surface area contributed by atoms with Crippen LogP contribution in [0.5, 0.6) is 0 Å². The van der Waals surface area contributed by atoms with E-state index in [1.165, 1.54) is 0 Å². The molecule has 0 radical (unpaired) electrons. The maximum Gasteiger partial charge on any atom is 0.176 e. The van der Waals surface area contributed by atoms with Crippen LogP contribution < -0.4 is 5.32 Å². The van der Waals surface area contributed by atoms with Crippen LogP contribution in [0.2, 0.25) is 0 Å². The smallest absolute Gasteiger partial charge is 0.176 e. The van der Waals surface area contributed by atoms with Gasteiger partial charge in [-0.15, -0.1) is 0 Å². The van der Waals surface area contributed by atoms with Gasteiger partial charge in [0.15, 0.2) is 5.78 Å². The molecule has 0 spiro atoms. The summed E-state index contributed by atoms with van der Waals surface area (Å²) in [7, 11) is 1.90. The number of carbonyl (C=O) groups excluding carboxylic acids is 1. The Morgan fingerprint density at radius 2 is 1.80 bits per heavy atom. The molecule has 0 atom stereocenters. The summed E-state index contributed by atoms with van der Waals surface area (Å²) < 4.78 is 1.93. The number of aromatic nitrogens is 1. The summed E-state index contributed by atoms with van der Waals surface area (Å²) >= 11 is 0. The molecule has 0 saturated carbocycles.